The van der Waals surface area contributed by atoms with E-state index in [1.54, 1.807) is 0 Å². The lowest BCUT2D eigenvalue weighted by Crippen LogP contribution is -2.21. The van der Waals surface area contributed by atoms with Crippen molar-refractivity contribution in [3.63, 3.8) is 0 Å². The second kappa shape index (κ2) is 6.47. The van der Waals surface area contributed by atoms with Crippen LogP contribution in [-0.4, -0.2) is 4.98 Å². The number of fused-ring (bicyclic) bond motifs is 1. The molecule has 0 fully saturated rings. The number of para-hydroxylation sites is 2. The van der Waals surface area contributed by atoms with Gasteiger partial charge in [0.05, 0.1) is 10.2 Å². The van der Waals surface area contributed by atoms with Crippen LogP contribution in [0, 0.1) is 6.92 Å². The van der Waals surface area contributed by atoms with Crippen molar-refractivity contribution in [2.75, 3.05) is 5.09 Å². The van der Waals surface area contributed by atoms with E-state index in [1.165, 1.54) is 11.3 Å². The predicted octanol–water partition coefficient (Wildman–Crippen LogP) is 4.95. The first-order valence-electron chi connectivity index (χ1n) is 8.02. The molecule has 0 unspecified atom stereocenters. The zero-order valence-corrected chi connectivity index (χ0v) is 15.4. The van der Waals surface area contributed by atoms with Gasteiger partial charge in [-0.05, 0) is 42.8 Å². The standard InChI is InChI=1S/C20H17N2OPS/c1-15-9-5-6-12-17(15)22-24(23,16-10-3-2-4-11-16)20-21-18-13-7-8-14-19(18)25-20/h2-14H,1H3,(H,22,23)/t24-/m0/s1. The van der Waals surface area contributed by atoms with Crippen molar-refractivity contribution < 1.29 is 4.57 Å². The van der Waals surface area contributed by atoms with E-state index in [0.717, 1.165) is 26.8 Å². The summed E-state index contributed by atoms with van der Waals surface area (Å²) >= 11 is 1.49. The summed E-state index contributed by atoms with van der Waals surface area (Å²) < 4.78 is 15.8. The van der Waals surface area contributed by atoms with Gasteiger partial charge in [-0.25, -0.2) is 4.98 Å². The van der Waals surface area contributed by atoms with E-state index in [1.807, 2.05) is 85.8 Å². The lowest BCUT2D eigenvalue weighted by atomic mass is 10.2. The third kappa shape index (κ3) is 2.99. The van der Waals surface area contributed by atoms with E-state index in [4.69, 9.17) is 0 Å². The van der Waals surface area contributed by atoms with Crippen LogP contribution in [0.4, 0.5) is 5.69 Å². The summed E-state index contributed by atoms with van der Waals surface area (Å²) in [5.74, 6) is 0. The Bertz CT molecular complexity index is 1040. The molecule has 124 valence electrons. The lowest BCUT2D eigenvalue weighted by molar-refractivity contribution is 0.590. The van der Waals surface area contributed by atoms with Gasteiger partial charge < -0.3 is 5.09 Å². The van der Waals surface area contributed by atoms with Crippen LogP contribution in [0.25, 0.3) is 10.2 Å². The fourth-order valence-electron chi connectivity index (χ4n) is 2.72. The Morgan fingerprint density at radius 2 is 1.56 bits per heavy atom. The molecule has 3 aromatic carbocycles. The van der Waals surface area contributed by atoms with Crippen LogP contribution in [0.1, 0.15) is 5.56 Å². The van der Waals surface area contributed by atoms with Crippen molar-refractivity contribution in [1.82, 2.24) is 4.98 Å². The molecular weight excluding hydrogens is 347 g/mol. The molecule has 0 bridgehead atoms. The number of anilines is 1. The van der Waals surface area contributed by atoms with Gasteiger partial charge in [0.1, 0.15) is 0 Å². The van der Waals surface area contributed by atoms with Crippen LogP contribution in [0.2, 0.25) is 0 Å². The van der Waals surface area contributed by atoms with Gasteiger partial charge in [-0.3, -0.25) is 4.57 Å². The molecule has 0 aliphatic carbocycles. The van der Waals surface area contributed by atoms with Gasteiger partial charge in [-0.1, -0.05) is 48.5 Å². The molecule has 0 saturated heterocycles. The molecule has 0 aliphatic rings. The minimum absolute atomic E-state index is 0.628. The van der Waals surface area contributed by atoms with Crippen molar-refractivity contribution in [3.05, 3.63) is 84.4 Å². The smallest absolute Gasteiger partial charge is 0.254 e. The van der Waals surface area contributed by atoms with E-state index in [-0.39, 0.29) is 0 Å². The van der Waals surface area contributed by atoms with E-state index < -0.39 is 7.29 Å². The molecule has 1 aromatic heterocycles. The molecule has 5 heteroatoms. The highest BCUT2D eigenvalue weighted by Gasteiger charge is 2.31. The van der Waals surface area contributed by atoms with Gasteiger partial charge in [0, 0.05) is 11.0 Å². The third-order valence-corrected chi connectivity index (χ3v) is 8.20. The van der Waals surface area contributed by atoms with Crippen molar-refractivity contribution in [1.29, 1.82) is 0 Å². The van der Waals surface area contributed by atoms with E-state index >= 15 is 0 Å². The van der Waals surface area contributed by atoms with E-state index in [0.29, 0.717) is 4.75 Å². The number of nitrogens with one attached hydrogen (secondary N) is 1. The monoisotopic (exact) mass is 364 g/mol. The average molecular weight is 364 g/mol. The summed E-state index contributed by atoms with van der Waals surface area (Å²) in [7, 11) is -3.09. The first kappa shape index (κ1) is 16.1. The number of rotatable bonds is 4. The summed E-state index contributed by atoms with van der Waals surface area (Å²) in [6.07, 6.45) is 0. The highest BCUT2D eigenvalue weighted by Crippen LogP contribution is 2.45. The Hall–Kier alpha value is -2.42. The number of aromatic nitrogens is 1. The molecule has 1 N–H and O–H groups in total. The van der Waals surface area contributed by atoms with Crippen LogP contribution < -0.4 is 15.1 Å². The summed E-state index contributed by atoms with van der Waals surface area (Å²) in [4.78, 5) is 4.68. The molecule has 1 atom stereocenters. The number of aryl methyl sites for hydroxylation is 1. The van der Waals surface area contributed by atoms with E-state index in [9.17, 15) is 4.57 Å². The molecule has 0 saturated carbocycles. The molecule has 4 aromatic rings. The van der Waals surface area contributed by atoms with Gasteiger partial charge in [0.15, 0.2) is 4.75 Å². The highest BCUT2D eigenvalue weighted by molar-refractivity contribution is 7.84. The van der Waals surface area contributed by atoms with E-state index in [2.05, 4.69) is 10.1 Å². The summed E-state index contributed by atoms with van der Waals surface area (Å²) in [6, 6.07) is 25.3. The first-order valence-corrected chi connectivity index (χ1v) is 10.5. The second-order valence-corrected chi connectivity index (χ2v) is 9.55. The average Bonchev–Trinajstić information content (AvgIpc) is 3.09. The largest absolute Gasteiger partial charge is 0.327 e. The maximum Gasteiger partial charge on any atom is 0.254 e. The Morgan fingerprint density at radius 3 is 2.32 bits per heavy atom. The number of benzene rings is 3. The second-order valence-electron chi connectivity index (χ2n) is 5.84. The summed E-state index contributed by atoms with van der Waals surface area (Å²) in [5, 5.41) is 4.08. The fraction of sp³-hybridized carbons (Fsp3) is 0.0500. The first-order chi connectivity index (χ1) is 12.2. The van der Waals surface area contributed by atoms with Crippen molar-refractivity contribution >= 4 is 44.6 Å². The Balaban J connectivity index is 1.90. The van der Waals surface area contributed by atoms with Gasteiger partial charge in [-0.2, -0.15) is 0 Å². The molecule has 25 heavy (non-hydrogen) atoms. The minimum atomic E-state index is -3.09. The van der Waals surface area contributed by atoms with Crippen LogP contribution in [0.15, 0.2) is 78.9 Å². The van der Waals surface area contributed by atoms with Gasteiger partial charge in [0.2, 0.25) is 0 Å². The van der Waals surface area contributed by atoms with Crippen molar-refractivity contribution in [2.45, 2.75) is 6.92 Å². The zero-order chi connectivity index (χ0) is 17.3. The molecular formula is C20H17N2OPS. The molecule has 0 spiro atoms. The van der Waals surface area contributed by atoms with Gasteiger partial charge >= 0.3 is 0 Å². The Labute approximate surface area is 150 Å². The zero-order valence-electron chi connectivity index (χ0n) is 13.7. The quantitative estimate of drug-likeness (QED) is 0.521. The van der Waals surface area contributed by atoms with Crippen LogP contribution >= 0.6 is 18.6 Å². The van der Waals surface area contributed by atoms with Crippen LogP contribution in [0.3, 0.4) is 0 Å². The molecule has 4 rings (SSSR count). The molecule has 1 heterocycles. The van der Waals surface area contributed by atoms with Crippen molar-refractivity contribution in [2.24, 2.45) is 0 Å². The van der Waals surface area contributed by atoms with Gasteiger partial charge in [-0.15, -0.1) is 11.3 Å². The summed E-state index contributed by atoms with van der Waals surface area (Å²) in [6.45, 7) is 2.01. The predicted molar refractivity (Wildman–Crippen MR) is 108 cm³/mol. The maximum absolute atomic E-state index is 14.1. The number of nitrogens with zero attached hydrogens (tertiary/aromatic N) is 1. The highest BCUT2D eigenvalue weighted by atomic mass is 32.1. The van der Waals surface area contributed by atoms with Crippen molar-refractivity contribution in [3.8, 4) is 0 Å². The van der Waals surface area contributed by atoms with Crippen LogP contribution in [0.5, 0.6) is 0 Å². The number of hydrogen-bond acceptors (Lipinski definition) is 3. The molecule has 0 amide bonds. The van der Waals surface area contributed by atoms with Crippen LogP contribution in [-0.2, 0) is 4.57 Å². The topological polar surface area (TPSA) is 42.0 Å². The normalized spacial score (nSPS) is 13.5. The Kier molecular flexibility index (Phi) is 4.16. The molecule has 0 radical (unpaired) electrons. The number of thiazole rings is 1. The maximum atomic E-state index is 14.1. The lowest BCUT2D eigenvalue weighted by Gasteiger charge is -2.20. The molecule has 3 nitrogen and oxygen atoms in total. The number of hydrogen-bond donors (Lipinski definition) is 1. The third-order valence-electron chi connectivity index (χ3n) is 4.09. The SMILES string of the molecule is Cc1ccccc1N[P@](=O)(c1ccccc1)c1nc2ccccc2s1. The fourth-order valence-corrected chi connectivity index (χ4v) is 6.57. The van der Waals surface area contributed by atoms with Gasteiger partial charge in [0.25, 0.3) is 7.29 Å². The summed E-state index contributed by atoms with van der Waals surface area (Å²) in [5.41, 5.74) is 2.80. The minimum Gasteiger partial charge on any atom is -0.327 e. The Morgan fingerprint density at radius 1 is 0.880 bits per heavy atom. The molecule has 0 aliphatic heterocycles.